The van der Waals surface area contributed by atoms with E-state index >= 15 is 0 Å². The van der Waals surface area contributed by atoms with Crippen molar-refractivity contribution >= 4 is 12.1 Å². The fourth-order valence-electron chi connectivity index (χ4n) is 4.47. The first-order chi connectivity index (χ1) is 16.3. The Balaban J connectivity index is 1.52. The number of nitrogens with zero attached hydrogens (tertiary/aromatic N) is 2. The van der Waals surface area contributed by atoms with E-state index in [9.17, 15) is 19.1 Å². The van der Waals surface area contributed by atoms with E-state index in [2.05, 4.69) is 4.98 Å². The maximum Gasteiger partial charge on any atom is 0.411 e. The van der Waals surface area contributed by atoms with Crippen LogP contribution >= 0.6 is 0 Å². The van der Waals surface area contributed by atoms with Crippen LogP contribution in [0.1, 0.15) is 49.0 Å². The Bertz CT molecular complexity index is 1180. The summed E-state index contributed by atoms with van der Waals surface area (Å²) in [7, 11) is 0. The van der Waals surface area contributed by atoms with Gasteiger partial charge in [-0.3, -0.25) is 9.78 Å². The lowest BCUT2D eigenvalue weighted by molar-refractivity contribution is -0.139. The van der Waals surface area contributed by atoms with Crippen LogP contribution in [0.5, 0.6) is 0 Å². The summed E-state index contributed by atoms with van der Waals surface area (Å²) in [4.78, 5) is 30.2. The topological polar surface area (TPSA) is 79.7 Å². The zero-order chi connectivity index (χ0) is 24.3. The number of carboxylic acids is 1. The van der Waals surface area contributed by atoms with E-state index in [1.807, 2.05) is 50.2 Å². The average molecular weight is 463 g/mol. The van der Waals surface area contributed by atoms with Gasteiger partial charge in [0, 0.05) is 37.7 Å². The van der Waals surface area contributed by atoms with Crippen molar-refractivity contribution in [1.29, 1.82) is 0 Å². The van der Waals surface area contributed by atoms with Crippen molar-refractivity contribution in [1.82, 2.24) is 9.88 Å². The van der Waals surface area contributed by atoms with E-state index < -0.39 is 23.5 Å². The molecule has 7 heteroatoms. The number of benzene rings is 2. The quantitative estimate of drug-likeness (QED) is 0.476. The second-order valence-corrected chi connectivity index (χ2v) is 8.69. The lowest BCUT2D eigenvalue weighted by Crippen LogP contribution is -2.49. The number of aromatic nitrogens is 1. The van der Waals surface area contributed by atoms with Gasteiger partial charge in [-0.2, -0.15) is 0 Å². The minimum atomic E-state index is -1.09. The summed E-state index contributed by atoms with van der Waals surface area (Å²) in [6.45, 7) is 4.28. The molecule has 34 heavy (non-hydrogen) atoms. The van der Waals surface area contributed by atoms with E-state index in [1.165, 1.54) is 12.1 Å². The number of carboxylic acid groups (broad SMARTS) is 1. The first-order valence-electron chi connectivity index (χ1n) is 11.3. The smallest absolute Gasteiger partial charge is 0.411 e. The third kappa shape index (κ3) is 4.93. The van der Waals surface area contributed by atoms with Gasteiger partial charge in [-0.1, -0.05) is 36.4 Å². The zero-order valence-corrected chi connectivity index (χ0v) is 19.2. The summed E-state index contributed by atoms with van der Waals surface area (Å²) in [6, 6.07) is 17.5. The van der Waals surface area contributed by atoms with E-state index in [1.54, 1.807) is 23.2 Å². The minimum Gasteiger partial charge on any atom is -0.481 e. The lowest BCUT2D eigenvalue weighted by Gasteiger charge is -2.43. The summed E-state index contributed by atoms with van der Waals surface area (Å²) in [6.07, 6.45) is 1.65. The Labute approximate surface area is 198 Å². The van der Waals surface area contributed by atoms with Crippen LogP contribution in [0.15, 0.2) is 66.9 Å². The molecule has 0 aliphatic carbocycles. The Morgan fingerprint density at radius 2 is 1.85 bits per heavy atom. The number of carbonyl (C=O) groups excluding carboxylic acids is 1. The van der Waals surface area contributed by atoms with Crippen LogP contribution in [-0.2, 0) is 15.1 Å². The van der Waals surface area contributed by atoms with Crippen molar-refractivity contribution in [3.63, 3.8) is 0 Å². The predicted octanol–water partition coefficient (Wildman–Crippen LogP) is 5.86. The number of pyridine rings is 1. The number of amides is 1. The van der Waals surface area contributed by atoms with Gasteiger partial charge in [-0.05, 0) is 60.4 Å². The van der Waals surface area contributed by atoms with E-state index in [0.717, 1.165) is 22.4 Å². The summed E-state index contributed by atoms with van der Waals surface area (Å²) < 4.78 is 19.4. The van der Waals surface area contributed by atoms with Gasteiger partial charge in [0.25, 0.3) is 0 Å². The van der Waals surface area contributed by atoms with Crippen LogP contribution in [-0.4, -0.2) is 33.6 Å². The van der Waals surface area contributed by atoms with Crippen molar-refractivity contribution < 1.29 is 23.8 Å². The fourth-order valence-corrected chi connectivity index (χ4v) is 4.47. The molecular weight excluding hydrogens is 435 g/mol. The van der Waals surface area contributed by atoms with Gasteiger partial charge in [-0.15, -0.1) is 0 Å². The van der Waals surface area contributed by atoms with Crippen LogP contribution in [0, 0.1) is 12.7 Å². The number of rotatable bonds is 7. The van der Waals surface area contributed by atoms with Crippen molar-refractivity contribution in [2.24, 2.45) is 0 Å². The highest BCUT2D eigenvalue weighted by atomic mass is 19.1. The minimum absolute atomic E-state index is 0.127. The number of aryl methyl sites for hydroxylation is 1. The van der Waals surface area contributed by atoms with Crippen molar-refractivity contribution in [3.05, 3.63) is 89.5 Å². The highest BCUT2D eigenvalue weighted by molar-refractivity contribution is 5.71. The SMILES string of the molecule is Cc1cc(-c2ccc([C@H](C)N3CC[C@](CCC(=O)O)(c4ccc(F)cc4)OC3=O)cc2)ccn1. The number of carbonyl (C=O) groups is 2. The lowest BCUT2D eigenvalue weighted by atomic mass is 9.84. The maximum atomic E-state index is 13.5. The van der Waals surface area contributed by atoms with Crippen LogP contribution in [0.2, 0.25) is 0 Å². The van der Waals surface area contributed by atoms with Gasteiger partial charge in [0.2, 0.25) is 0 Å². The first-order valence-corrected chi connectivity index (χ1v) is 11.3. The number of ether oxygens (including phenoxy) is 1. The Kier molecular flexibility index (Phi) is 6.63. The third-order valence-corrected chi connectivity index (χ3v) is 6.48. The van der Waals surface area contributed by atoms with Crippen LogP contribution in [0.3, 0.4) is 0 Å². The predicted molar refractivity (Wildman–Crippen MR) is 126 cm³/mol. The standard InChI is InChI=1S/C27H27FN2O4/c1-18-17-22(12-15-29-18)21-5-3-20(4-6-21)19(2)30-16-14-27(34-26(30)33,13-11-25(31)32)23-7-9-24(28)10-8-23/h3-10,12,15,17,19H,11,13-14,16H2,1-2H3,(H,31,32)/t19-,27+/m0/s1. The van der Waals surface area contributed by atoms with Gasteiger partial charge in [0.05, 0.1) is 6.04 Å². The molecule has 1 N–H and O–H groups in total. The molecule has 2 heterocycles. The van der Waals surface area contributed by atoms with Crippen LogP contribution in [0.4, 0.5) is 9.18 Å². The molecule has 1 amide bonds. The van der Waals surface area contributed by atoms with Gasteiger partial charge in [0.15, 0.2) is 0 Å². The molecule has 4 rings (SSSR count). The largest absolute Gasteiger partial charge is 0.481 e. The molecule has 0 unspecified atom stereocenters. The monoisotopic (exact) mass is 462 g/mol. The molecule has 0 saturated carbocycles. The van der Waals surface area contributed by atoms with Gasteiger partial charge < -0.3 is 14.7 Å². The first kappa shape index (κ1) is 23.4. The summed E-state index contributed by atoms with van der Waals surface area (Å²) in [5, 5.41) is 9.21. The van der Waals surface area contributed by atoms with Crippen molar-refractivity contribution in [3.8, 4) is 11.1 Å². The molecule has 2 aromatic carbocycles. The van der Waals surface area contributed by atoms with Crippen LogP contribution in [0.25, 0.3) is 11.1 Å². The van der Waals surface area contributed by atoms with E-state index in [0.29, 0.717) is 18.5 Å². The van der Waals surface area contributed by atoms with Gasteiger partial charge in [-0.25, -0.2) is 9.18 Å². The second kappa shape index (κ2) is 9.63. The van der Waals surface area contributed by atoms with Crippen molar-refractivity contribution in [2.75, 3.05) is 6.54 Å². The molecule has 1 aliphatic heterocycles. The van der Waals surface area contributed by atoms with Gasteiger partial charge in [0.1, 0.15) is 11.4 Å². The Hall–Kier alpha value is -3.74. The number of hydrogen-bond donors (Lipinski definition) is 1. The number of halogens is 1. The third-order valence-electron chi connectivity index (χ3n) is 6.48. The molecule has 2 atom stereocenters. The molecule has 1 aliphatic rings. The molecule has 0 bridgehead atoms. The summed E-state index contributed by atoms with van der Waals surface area (Å²) in [5.74, 6) is -1.38. The molecular formula is C27H27FN2O4. The number of aliphatic carboxylic acids is 1. The highest BCUT2D eigenvalue weighted by Gasteiger charge is 2.43. The molecule has 0 radical (unpaired) electrons. The zero-order valence-electron chi connectivity index (χ0n) is 19.2. The molecule has 1 fully saturated rings. The Morgan fingerprint density at radius 1 is 1.15 bits per heavy atom. The van der Waals surface area contributed by atoms with Gasteiger partial charge >= 0.3 is 12.1 Å². The maximum absolute atomic E-state index is 13.5. The fraction of sp³-hybridized carbons (Fsp3) is 0.296. The second-order valence-electron chi connectivity index (χ2n) is 8.69. The number of hydrogen-bond acceptors (Lipinski definition) is 4. The van der Waals surface area contributed by atoms with Crippen LogP contribution < -0.4 is 0 Å². The molecule has 176 valence electrons. The summed E-state index contributed by atoms with van der Waals surface area (Å²) >= 11 is 0. The van der Waals surface area contributed by atoms with Crippen molar-refractivity contribution in [2.45, 2.75) is 44.8 Å². The van der Waals surface area contributed by atoms with E-state index in [-0.39, 0.29) is 18.9 Å². The molecule has 1 aromatic heterocycles. The molecule has 3 aromatic rings. The Morgan fingerprint density at radius 3 is 2.47 bits per heavy atom. The highest BCUT2D eigenvalue weighted by Crippen LogP contribution is 2.40. The normalized spacial score (nSPS) is 18.9. The molecule has 0 spiro atoms. The molecule has 1 saturated heterocycles. The number of cyclic esters (lactones) is 1. The molecule has 6 nitrogen and oxygen atoms in total. The summed E-state index contributed by atoms with van der Waals surface area (Å²) in [5.41, 5.74) is 3.55. The van der Waals surface area contributed by atoms with E-state index in [4.69, 9.17) is 4.74 Å². The average Bonchev–Trinajstić information content (AvgIpc) is 2.83.